The molecule has 2 atom stereocenters. The van der Waals surface area contributed by atoms with Crippen LogP contribution in [0.5, 0.6) is 0 Å². The van der Waals surface area contributed by atoms with Gasteiger partial charge < -0.3 is 20.7 Å². The van der Waals surface area contributed by atoms with Gasteiger partial charge in [-0.1, -0.05) is 23.7 Å². The largest absolute Gasteiger partial charge is 0.385 e. The molecule has 1 amide bonds. The van der Waals surface area contributed by atoms with Crippen LogP contribution < -0.4 is 16.0 Å². The van der Waals surface area contributed by atoms with E-state index in [-0.39, 0.29) is 17.9 Å². The Labute approximate surface area is 186 Å². The molecule has 0 bridgehead atoms. The Morgan fingerprint density at radius 3 is 2.90 bits per heavy atom. The number of nitrogens with one attached hydrogen (secondary N) is 3. The summed E-state index contributed by atoms with van der Waals surface area (Å²) in [6.07, 6.45) is 4.19. The molecule has 31 heavy (non-hydrogen) atoms. The Balaban J connectivity index is 1.43. The second-order valence-corrected chi connectivity index (χ2v) is 8.66. The van der Waals surface area contributed by atoms with Gasteiger partial charge in [-0.05, 0) is 48.9 Å². The van der Waals surface area contributed by atoms with Crippen molar-refractivity contribution in [3.63, 3.8) is 0 Å². The summed E-state index contributed by atoms with van der Waals surface area (Å²) in [7, 11) is 0. The molecule has 2 saturated heterocycles. The first kappa shape index (κ1) is 22.0. The van der Waals surface area contributed by atoms with Crippen LogP contribution in [0.25, 0.3) is 11.1 Å². The molecule has 1 aromatic carbocycles. The van der Waals surface area contributed by atoms with Crippen molar-refractivity contribution in [1.29, 1.82) is 0 Å². The maximum Gasteiger partial charge on any atom is 0.229 e. The summed E-state index contributed by atoms with van der Waals surface area (Å²) in [5.74, 6) is 0.634. The monoisotopic (exact) mass is 446 g/mol. The summed E-state index contributed by atoms with van der Waals surface area (Å²) in [5, 5.41) is 9.90. The Bertz CT molecular complexity index is 907. The second-order valence-electron chi connectivity index (χ2n) is 8.25. The molecule has 2 aliphatic heterocycles. The van der Waals surface area contributed by atoms with E-state index in [9.17, 15) is 9.18 Å². The van der Waals surface area contributed by atoms with Crippen molar-refractivity contribution in [2.24, 2.45) is 11.8 Å². The van der Waals surface area contributed by atoms with Gasteiger partial charge in [0.2, 0.25) is 5.91 Å². The Hall–Kier alpha value is -2.22. The van der Waals surface area contributed by atoms with Crippen LogP contribution in [0.3, 0.4) is 0 Å². The fourth-order valence-corrected chi connectivity index (χ4v) is 4.31. The lowest BCUT2D eigenvalue weighted by atomic mass is 10.00. The van der Waals surface area contributed by atoms with Gasteiger partial charge in [-0.25, -0.2) is 9.37 Å². The van der Waals surface area contributed by atoms with Crippen LogP contribution in [-0.2, 0) is 9.53 Å². The molecule has 3 N–H and O–H groups in total. The van der Waals surface area contributed by atoms with E-state index >= 15 is 0 Å². The highest BCUT2D eigenvalue weighted by molar-refractivity contribution is 6.33. The first-order valence-corrected chi connectivity index (χ1v) is 11.2. The Kier molecular flexibility index (Phi) is 7.37. The first-order chi connectivity index (χ1) is 15.1. The maximum atomic E-state index is 12.8. The molecule has 166 valence electrons. The summed E-state index contributed by atoms with van der Waals surface area (Å²) in [6, 6.07) is 9.60. The summed E-state index contributed by atoms with van der Waals surface area (Å²) < 4.78 is 18.2. The molecular formula is C23H28ClFN4O2. The fraction of sp³-hybridized carbons (Fsp3) is 0.478. The van der Waals surface area contributed by atoms with Crippen molar-refractivity contribution >= 4 is 29.0 Å². The maximum absolute atomic E-state index is 12.8. The summed E-state index contributed by atoms with van der Waals surface area (Å²) in [5.41, 5.74) is 2.77. The van der Waals surface area contributed by atoms with Gasteiger partial charge in [0.1, 0.15) is 12.5 Å². The van der Waals surface area contributed by atoms with E-state index in [1.807, 2.05) is 18.2 Å². The lowest BCUT2D eigenvalue weighted by molar-refractivity contribution is -0.119. The van der Waals surface area contributed by atoms with Crippen molar-refractivity contribution in [2.75, 3.05) is 43.6 Å². The lowest BCUT2D eigenvalue weighted by Gasteiger charge is -2.22. The molecule has 0 saturated carbocycles. The third-order valence-corrected chi connectivity index (χ3v) is 6.30. The minimum Gasteiger partial charge on any atom is -0.385 e. The smallest absolute Gasteiger partial charge is 0.229 e. The molecule has 8 heteroatoms. The number of benzene rings is 1. The van der Waals surface area contributed by atoms with Crippen molar-refractivity contribution in [3.05, 3.63) is 41.6 Å². The number of hydrogen-bond acceptors (Lipinski definition) is 5. The molecular weight excluding hydrogens is 419 g/mol. The second kappa shape index (κ2) is 10.4. The van der Waals surface area contributed by atoms with E-state index in [0.29, 0.717) is 29.7 Å². The van der Waals surface area contributed by atoms with Crippen molar-refractivity contribution in [2.45, 2.75) is 25.3 Å². The molecule has 2 aliphatic rings. The van der Waals surface area contributed by atoms with E-state index in [4.69, 9.17) is 16.3 Å². The normalized spacial score (nSPS) is 21.7. The van der Waals surface area contributed by atoms with Gasteiger partial charge in [0.05, 0.1) is 10.9 Å². The number of anilines is 2. The Morgan fingerprint density at radius 1 is 1.29 bits per heavy atom. The number of rotatable bonds is 7. The van der Waals surface area contributed by atoms with Crippen LogP contribution in [0.1, 0.15) is 19.3 Å². The number of ether oxygens (including phenoxy) is 1. The standard InChI is InChI=1S/C23H28ClFN4O2/c24-21-14-28-22(29-23(30)17-9-19(11-25)27-13-17)10-20(21)16-2-1-3-18(8-16)26-12-15-4-6-31-7-5-15/h1-3,8,10,14-15,17,19,26-27H,4-7,9,11-13H2,(H,28,29,30)/t17-,19-/m0/s1. The highest BCUT2D eigenvalue weighted by atomic mass is 35.5. The van der Waals surface area contributed by atoms with Crippen molar-refractivity contribution < 1.29 is 13.9 Å². The summed E-state index contributed by atoms with van der Waals surface area (Å²) in [4.78, 5) is 16.8. The van der Waals surface area contributed by atoms with E-state index in [2.05, 4.69) is 27.0 Å². The summed E-state index contributed by atoms with van der Waals surface area (Å²) in [6.45, 7) is 2.58. The molecule has 0 unspecified atom stereocenters. The zero-order valence-corrected chi connectivity index (χ0v) is 18.1. The predicted molar refractivity (Wildman–Crippen MR) is 121 cm³/mol. The lowest BCUT2D eigenvalue weighted by Crippen LogP contribution is -2.25. The van der Waals surface area contributed by atoms with Gasteiger partial charge in [-0.3, -0.25) is 4.79 Å². The average Bonchev–Trinajstić information content (AvgIpc) is 3.29. The molecule has 4 rings (SSSR count). The van der Waals surface area contributed by atoms with Gasteiger partial charge in [0.25, 0.3) is 0 Å². The van der Waals surface area contributed by atoms with Crippen molar-refractivity contribution in [3.8, 4) is 11.1 Å². The zero-order chi connectivity index (χ0) is 21.6. The predicted octanol–water partition coefficient (Wildman–Crippen LogP) is 4.13. The van der Waals surface area contributed by atoms with Gasteiger partial charge in [-0.15, -0.1) is 0 Å². The first-order valence-electron chi connectivity index (χ1n) is 10.8. The quantitative estimate of drug-likeness (QED) is 0.596. The van der Waals surface area contributed by atoms with E-state index in [0.717, 1.165) is 49.4 Å². The van der Waals surface area contributed by atoms with Gasteiger partial charge in [0.15, 0.2) is 0 Å². The fourth-order valence-electron chi connectivity index (χ4n) is 4.10. The minimum absolute atomic E-state index is 0.156. The molecule has 3 heterocycles. The molecule has 6 nitrogen and oxygen atoms in total. The van der Waals surface area contributed by atoms with Crippen LogP contribution in [0.2, 0.25) is 5.02 Å². The topological polar surface area (TPSA) is 75.3 Å². The third kappa shape index (κ3) is 5.73. The number of aromatic nitrogens is 1. The number of amides is 1. The summed E-state index contributed by atoms with van der Waals surface area (Å²) >= 11 is 6.42. The SMILES string of the molecule is O=C(Nc1cc(-c2cccc(NCC3CCOCC3)c2)c(Cl)cn1)[C@@H]1CN[C@H](CF)C1. The highest BCUT2D eigenvalue weighted by Crippen LogP contribution is 2.31. The third-order valence-electron chi connectivity index (χ3n) is 5.99. The van der Waals surface area contributed by atoms with E-state index in [1.165, 1.54) is 0 Å². The molecule has 0 spiro atoms. The number of halogens is 2. The molecule has 0 aliphatic carbocycles. The van der Waals surface area contributed by atoms with Crippen LogP contribution in [-0.4, -0.2) is 49.9 Å². The number of carbonyl (C=O) groups excluding carboxylic acids is 1. The molecule has 0 radical (unpaired) electrons. The Morgan fingerprint density at radius 2 is 2.13 bits per heavy atom. The van der Waals surface area contributed by atoms with E-state index < -0.39 is 6.67 Å². The minimum atomic E-state index is -0.466. The van der Waals surface area contributed by atoms with Crippen LogP contribution in [0, 0.1) is 11.8 Å². The number of hydrogen-bond donors (Lipinski definition) is 3. The van der Waals surface area contributed by atoms with Gasteiger partial charge >= 0.3 is 0 Å². The molecule has 2 fully saturated rings. The molecule has 2 aromatic rings. The van der Waals surface area contributed by atoms with Crippen molar-refractivity contribution in [1.82, 2.24) is 10.3 Å². The average molecular weight is 447 g/mol. The zero-order valence-electron chi connectivity index (χ0n) is 17.4. The van der Waals surface area contributed by atoms with Crippen LogP contribution in [0.15, 0.2) is 36.5 Å². The van der Waals surface area contributed by atoms with Gasteiger partial charge in [-0.2, -0.15) is 0 Å². The number of nitrogens with zero attached hydrogens (tertiary/aromatic N) is 1. The van der Waals surface area contributed by atoms with Crippen LogP contribution >= 0.6 is 11.6 Å². The number of carbonyl (C=O) groups is 1. The van der Waals surface area contributed by atoms with Gasteiger partial charge in [0, 0.05) is 49.8 Å². The number of pyridine rings is 1. The van der Waals surface area contributed by atoms with Crippen LogP contribution in [0.4, 0.5) is 15.9 Å². The molecule has 1 aromatic heterocycles. The number of alkyl halides is 1. The van der Waals surface area contributed by atoms with E-state index in [1.54, 1.807) is 12.3 Å². The highest BCUT2D eigenvalue weighted by Gasteiger charge is 2.29.